The molecule has 0 saturated carbocycles. The van der Waals surface area contributed by atoms with Crippen LogP contribution < -0.4 is 0 Å². The SMILES string of the molecule is Oc1ncoc1O. The van der Waals surface area contributed by atoms with Gasteiger partial charge in [-0.3, -0.25) is 0 Å². The molecule has 2 N–H and O–H groups in total. The lowest BCUT2D eigenvalue weighted by Gasteiger charge is -1.75. The Morgan fingerprint density at radius 2 is 2.29 bits per heavy atom. The average molecular weight is 101 g/mol. The number of aromatic hydroxyl groups is 2. The number of aromatic nitrogens is 1. The quantitative estimate of drug-likeness (QED) is 0.485. The summed E-state index contributed by atoms with van der Waals surface area (Å²) in [6.45, 7) is 0. The van der Waals surface area contributed by atoms with Gasteiger partial charge in [-0.2, -0.15) is 4.98 Å². The lowest BCUT2D eigenvalue weighted by Crippen LogP contribution is -1.56. The third-order valence-corrected chi connectivity index (χ3v) is 0.531. The van der Waals surface area contributed by atoms with Crippen LogP contribution in [0.2, 0.25) is 0 Å². The second-order valence-corrected chi connectivity index (χ2v) is 0.981. The van der Waals surface area contributed by atoms with Crippen molar-refractivity contribution in [3.8, 4) is 11.8 Å². The lowest BCUT2D eigenvalue weighted by molar-refractivity contribution is 0.306. The van der Waals surface area contributed by atoms with Crippen molar-refractivity contribution < 1.29 is 14.6 Å². The molecule has 0 aliphatic heterocycles. The van der Waals surface area contributed by atoms with E-state index in [2.05, 4.69) is 9.40 Å². The summed E-state index contributed by atoms with van der Waals surface area (Å²) in [7, 11) is 0. The minimum absolute atomic E-state index is 0.472. The number of nitrogens with zero attached hydrogens (tertiary/aromatic N) is 1. The van der Waals surface area contributed by atoms with Gasteiger partial charge < -0.3 is 14.6 Å². The van der Waals surface area contributed by atoms with E-state index in [1.165, 1.54) is 0 Å². The van der Waals surface area contributed by atoms with Crippen LogP contribution in [0.1, 0.15) is 0 Å². The Balaban J connectivity index is 3.12. The monoisotopic (exact) mass is 101 g/mol. The zero-order valence-electron chi connectivity index (χ0n) is 3.33. The minimum atomic E-state index is -0.542. The number of hydrogen-bond donors (Lipinski definition) is 2. The van der Waals surface area contributed by atoms with Gasteiger partial charge >= 0.3 is 5.95 Å². The molecule has 1 aromatic rings. The van der Waals surface area contributed by atoms with Crippen molar-refractivity contribution in [3.05, 3.63) is 6.39 Å². The van der Waals surface area contributed by atoms with Crippen molar-refractivity contribution in [1.29, 1.82) is 0 Å². The third kappa shape index (κ3) is 0.489. The van der Waals surface area contributed by atoms with Gasteiger partial charge in [0.1, 0.15) is 0 Å². The van der Waals surface area contributed by atoms with E-state index in [4.69, 9.17) is 10.2 Å². The van der Waals surface area contributed by atoms with Crippen LogP contribution in [0.15, 0.2) is 10.8 Å². The van der Waals surface area contributed by atoms with Crippen molar-refractivity contribution in [2.24, 2.45) is 0 Å². The summed E-state index contributed by atoms with van der Waals surface area (Å²) in [5.41, 5.74) is 0. The molecule has 0 spiro atoms. The number of hydrogen-bond acceptors (Lipinski definition) is 4. The molecule has 0 radical (unpaired) electrons. The lowest BCUT2D eigenvalue weighted by atomic mass is 10.8. The molecule has 1 rings (SSSR count). The Labute approximate surface area is 39.0 Å². The molecule has 4 heteroatoms. The molecule has 0 aromatic carbocycles. The summed E-state index contributed by atoms with van der Waals surface area (Å²) < 4.78 is 4.16. The summed E-state index contributed by atoms with van der Waals surface area (Å²) >= 11 is 0. The first-order valence-electron chi connectivity index (χ1n) is 1.62. The molecule has 0 unspecified atom stereocenters. The molecule has 7 heavy (non-hydrogen) atoms. The predicted octanol–water partition coefficient (Wildman–Crippen LogP) is 0.0858. The van der Waals surface area contributed by atoms with Crippen LogP contribution >= 0.6 is 0 Å². The molecule has 0 atom stereocenters. The van der Waals surface area contributed by atoms with Crippen LogP contribution in [0.3, 0.4) is 0 Å². The molecule has 0 aliphatic rings. The predicted molar refractivity (Wildman–Crippen MR) is 19.8 cm³/mol. The maximum atomic E-state index is 8.30. The normalized spacial score (nSPS) is 9.14. The molecule has 4 nitrogen and oxygen atoms in total. The molecule has 0 fully saturated rings. The van der Waals surface area contributed by atoms with Crippen molar-refractivity contribution in [2.45, 2.75) is 0 Å². The minimum Gasteiger partial charge on any atom is -0.488 e. The van der Waals surface area contributed by atoms with Crippen LogP contribution in [0.4, 0.5) is 0 Å². The maximum absolute atomic E-state index is 8.30. The van der Waals surface area contributed by atoms with Crippen LogP contribution in [-0.4, -0.2) is 15.2 Å². The molecular formula is C3H3NO3. The molecule has 0 saturated heterocycles. The molecule has 1 aromatic heterocycles. The second kappa shape index (κ2) is 1.14. The fraction of sp³-hybridized carbons (Fsp3) is 0. The fourth-order valence-electron chi connectivity index (χ4n) is 0.234. The van der Waals surface area contributed by atoms with Gasteiger partial charge in [-0.25, -0.2) is 0 Å². The van der Waals surface area contributed by atoms with E-state index in [-0.39, 0.29) is 0 Å². The zero-order valence-corrected chi connectivity index (χ0v) is 3.33. The van der Waals surface area contributed by atoms with Crippen LogP contribution in [-0.2, 0) is 0 Å². The van der Waals surface area contributed by atoms with Crippen LogP contribution in [0.5, 0.6) is 11.8 Å². The van der Waals surface area contributed by atoms with E-state index < -0.39 is 11.8 Å². The van der Waals surface area contributed by atoms with E-state index in [9.17, 15) is 0 Å². The highest BCUT2D eigenvalue weighted by Gasteiger charge is 1.98. The summed E-state index contributed by atoms with van der Waals surface area (Å²) in [4.78, 5) is 3.16. The van der Waals surface area contributed by atoms with E-state index >= 15 is 0 Å². The molecular weight excluding hydrogens is 98.0 g/mol. The fourth-order valence-corrected chi connectivity index (χ4v) is 0.234. The summed E-state index contributed by atoms with van der Waals surface area (Å²) in [6, 6.07) is 0. The second-order valence-electron chi connectivity index (χ2n) is 0.981. The van der Waals surface area contributed by atoms with Gasteiger partial charge in [0.25, 0.3) is 5.88 Å². The van der Waals surface area contributed by atoms with Gasteiger partial charge in [0.15, 0.2) is 6.39 Å². The van der Waals surface area contributed by atoms with E-state index in [0.717, 1.165) is 6.39 Å². The van der Waals surface area contributed by atoms with E-state index in [1.54, 1.807) is 0 Å². The molecule has 1 heterocycles. The van der Waals surface area contributed by atoms with Gasteiger partial charge in [-0.1, -0.05) is 0 Å². The third-order valence-electron chi connectivity index (χ3n) is 0.531. The topological polar surface area (TPSA) is 66.5 Å². The van der Waals surface area contributed by atoms with Crippen LogP contribution in [0, 0.1) is 0 Å². The van der Waals surface area contributed by atoms with Gasteiger partial charge in [-0.05, 0) is 0 Å². The van der Waals surface area contributed by atoms with Gasteiger partial charge in [-0.15, -0.1) is 0 Å². The highest BCUT2D eigenvalue weighted by Crippen LogP contribution is 2.19. The molecule has 38 valence electrons. The van der Waals surface area contributed by atoms with Gasteiger partial charge in [0, 0.05) is 0 Å². The smallest absolute Gasteiger partial charge is 0.348 e. The summed E-state index contributed by atoms with van der Waals surface area (Å²) in [6.07, 6.45) is 0.949. The first-order chi connectivity index (χ1) is 3.30. The Bertz CT molecular complexity index is 142. The first-order valence-corrected chi connectivity index (χ1v) is 1.62. The van der Waals surface area contributed by atoms with E-state index in [1.807, 2.05) is 0 Å². The van der Waals surface area contributed by atoms with Crippen molar-refractivity contribution in [2.75, 3.05) is 0 Å². The summed E-state index contributed by atoms with van der Waals surface area (Å²) in [5, 5.41) is 16.6. The molecule has 0 bridgehead atoms. The van der Waals surface area contributed by atoms with E-state index in [0.29, 0.717) is 0 Å². The van der Waals surface area contributed by atoms with Crippen LogP contribution in [0.25, 0.3) is 0 Å². The van der Waals surface area contributed by atoms with Gasteiger partial charge in [0.05, 0.1) is 0 Å². The van der Waals surface area contributed by atoms with Crippen molar-refractivity contribution >= 4 is 0 Å². The highest BCUT2D eigenvalue weighted by atomic mass is 16.5. The molecule has 0 aliphatic carbocycles. The largest absolute Gasteiger partial charge is 0.488 e. The average Bonchev–Trinajstić information content (AvgIpc) is 1.91. The standard InChI is InChI=1S/C3H3NO3/c5-2-3(6)7-1-4-2/h1,5-6H. The summed E-state index contributed by atoms with van der Waals surface area (Å²) in [5.74, 6) is -1.01. The number of rotatable bonds is 0. The molecule has 0 amide bonds. The van der Waals surface area contributed by atoms with Gasteiger partial charge in [0.2, 0.25) is 0 Å². The zero-order chi connectivity index (χ0) is 5.28. The number of oxazole rings is 1. The van der Waals surface area contributed by atoms with Crippen molar-refractivity contribution in [3.63, 3.8) is 0 Å². The Morgan fingerprint density at radius 3 is 2.43 bits per heavy atom. The Morgan fingerprint density at radius 1 is 1.57 bits per heavy atom. The van der Waals surface area contributed by atoms with Crippen molar-refractivity contribution in [1.82, 2.24) is 4.98 Å². The Kier molecular flexibility index (Phi) is 0.651. The maximum Gasteiger partial charge on any atom is 0.348 e. The highest BCUT2D eigenvalue weighted by molar-refractivity contribution is 5.15. The first kappa shape index (κ1) is 3.98. The Hall–Kier alpha value is -1.19.